The van der Waals surface area contributed by atoms with Gasteiger partial charge in [0.05, 0.1) is 5.92 Å². The third kappa shape index (κ3) is 1.81. The van der Waals surface area contributed by atoms with Gasteiger partial charge in [0.2, 0.25) is 5.54 Å². The van der Waals surface area contributed by atoms with Gasteiger partial charge in [0, 0.05) is 18.7 Å². The normalized spacial score (nSPS) is 47.4. The molecule has 6 unspecified atom stereocenters. The summed E-state index contributed by atoms with van der Waals surface area (Å²) < 4.78 is 0. The fraction of sp³-hybridized carbons (Fsp3) is 0.737. The highest BCUT2D eigenvalue weighted by molar-refractivity contribution is 6.17. The number of aliphatic hydroxyl groups is 1. The molecule has 3 fully saturated rings. The minimum Gasteiger partial charge on any atom is -0.370 e. The van der Waals surface area contributed by atoms with Gasteiger partial charge >= 0.3 is 0 Å². The van der Waals surface area contributed by atoms with Gasteiger partial charge in [-0.15, -0.1) is 0 Å². The first-order chi connectivity index (χ1) is 12.1. The van der Waals surface area contributed by atoms with Crippen molar-refractivity contribution in [2.75, 3.05) is 6.54 Å². The number of hydrogen-bond donors (Lipinski definition) is 2. The lowest BCUT2D eigenvalue weighted by Crippen LogP contribution is -2.61. The number of hydrogen-bond acceptors (Lipinski definition) is 5. The highest BCUT2D eigenvalue weighted by Crippen LogP contribution is 2.51. The fourth-order valence-corrected chi connectivity index (χ4v) is 6.09. The number of carbonyl (C=O) groups excluding carboxylic acids is 2. The number of carbonyl (C=O) groups is 2. The van der Waals surface area contributed by atoms with Gasteiger partial charge in [-0.1, -0.05) is 25.0 Å². The lowest BCUT2D eigenvalue weighted by Gasteiger charge is -2.40. The van der Waals surface area contributed by atoms with Gasteiger partial charge in [-0.25, -0.2) is 0 Å². The second kappa shape index (κ2) is 5.16. The minimum atomic E-state index is -1.38. The monoisotopic (exact) mass is 343 g/mol. The summed E-state index contributed by atoms with van der Waals surface area (Å²) in [6.45, 7) is 0.521. The van der Waals surface area contributed by atoms with E-state index in [1.54, 1.807) is 6.21 Å². The van der Waals surface area contributed by atoms with Crippen LogP contribution in [0.25, 0.3) is 0 Å². The van der Waals surface area contributed by atoms with Gasteiger partial charge < -0.3 is 10.0 Å². The molecule has 1 amide bonds. The van der Waals surface area contributed by atoms with Crippen molar-refractivity contribution in [2.45, 2.75) is 56.2 Å². The Kier molecular flexibility index (Phi) is 3.21. The van der Waals surface area contributed by atoms with Crippen molar-refractivity contribution >= 4 is 17.9 Å². The molecule has 0 aromatic rings. The number of fused-ring (bicyclic) bond motifs is 4. The molecule has 6 nitrogen and oxygen atoms in total. The molecule has 5 aliphatic rings. The topological polar surface area (TPSA) is 82.0 Å². The zero-order valence-corrected chi connectivity index (χ0v) is 14.4. The number of Topliss-reactive ketones (excluding diaryl/α,β-unsaturated/α-hetero) is 1. The van der Waals surface area contributed by atoms with Crippen LogP contribution in [0.1, 0.15) is 44.9 Å². The largest absolute Gasteiger partial charge is 0.370 e. The number of nitrogens with zero attached hydrogens (tertiary/aromatic N) is 2. The Hall–Kier alpha value is -1.69. The van der Waals surface area contributed by atoms with Crippen LogP contribution >= 0.6 is 0 Å². The summed E-state index contributed by atoms with van der Waals surface area (Å²) in [7, 11) is 0. The predicted octanol–water partition coefficient (Wildman–Crippen LogP) is 1.21. The Morgan fingerprint density at radius 2 is 2.16 bits per heavy atom. The van der Waals surface area contributed by atoms with Crippen LogP contribution in [-0.2, 0) is 9.59 Å². The standard InChI is InChI=1S/C19H25N3O3/c23-16(14-8-3-6-12-5-1-2-7-13(12)14)19-15(11-20-21-19)18(25)9-4-10-22(18)17(19)24/h3,6,11-15,21,25H,1-2,4-5,7-10H2. The summed E-state index contributed by atoms with van der Waals surface area (Å²) in [6, 6.07) is 0. The summed E-state index contributed by atoms with van der Waals surface area (Å²) in [6.07, 6.45) is 12.5. The molecule has 0 aromatic carbocycles. The van der Waals surface area contributed by atoms with E-state index in [-0.39, 0.29) is 17.6 Å². The van der Waals surface area contributed by atoms with Crippen LogP contribution in [0.4, 0.5) is 0 Å². The maximum Gasteiger partial charge on any atom is 0.260 e. The van der Waals surface area contributed by atoms with Gasteiger partial charge in [-0.3, -0.25) is 15.0 Å². The molecule has 6 heteroatoms. The lowest BCUT2D eigenvalue weighted by molar-refractivity contribution is -0.145. The Labute approximate surface area is 147 Å². The SMILES string of the molecule is O=C(C1CC=CC2CCCCC21)C12NN=CC1C1(O)CCCN1C2=O. The van der Waals surface area contributed by atoms with Crippen LogP contribution in [0.5, 0.6) is 0 Å². The second-order valence-electron chi connectivity index (χ2n) is 8.36. The molecular weight excluding hydrogens is 318 g/mol. The quantitative estimate of drug-likeness (QED) is 0.583. The van der Waals surface area contributed by atoms with Crippen molar-refractivity contribution in [3.63, 3.8) is 0 Å². The Balaban J connectivity index is 1.53. The van der Waals surface area contributed by atoms with E-state index in [1.807, 2.05) is 0 Å². The molecule has 5 rings (SSSR count). The summed E-state index contributed by atoms with van der Waals surface area (Å²) in [5.41, 5.74) is 0.237. The van der Waals surface area contributed by atoms with Crippen LogP contribution in [0.3, 0.4) is 0 Å². The Morgan fingerprint density at radius 3 is 3.04 bits per heavy atom. The van der Waals surface area contributed by atoms with Gasteiger partial charge in [-0.05, 0) is 43.9 Å². The van der Waals surface area contributed by atoms with Crippen LogP contribution in [0, 0.1) is 23.7 Å². The van der Waals surface area contributed by atoms with E-state index in [1.165, 1.54) is 11.3 Å². The molecule has 134 valence electrons. The Bertz CT molecular complexity index is 689. The molecular formula is C19H25N3O3. The first-order valence-corrected chi connectivity index (χ1v) is 9.65. The summed E-state index contributed by atoms with van der Waals surface area (Å²) in [4.78, 5) is 28.5. The molecule has 0 bridgehead atoms. The minimum absolute atomic E-state index is 0.0518. The van der Waals surface area contributed by atoms with Gasteiger partial charge in [0.1, 0.15) is 0 Å². The van der Waals surface area contributed by atoms with Crippen molar-refractivity contribution in [3.05, 3.63) is 12.2 Å². The summed E-state index contributed by atoms with van der Waals surface area (Å²) in [5, 5.41) is 15.2. The van der Waals surface area contributed by atoms with E-state index in [4.69, 9.17) is 0 Å². The van der Waals surface area contributed by atoms with Crippen molar-refractivity contribution < 1.29 is 14.7 Å². The molecule has 2 saturated heterocycles. The van der Waals surface area contributed by atoms with E-state index in [0.717, 1.165) is 25.7 Å². The zero-order chi connectivity index (χ0) is 17.2. The number of amides is 1. The highest BCUT2D eigenvalue weighted by atomic mass is 16.3. The first-order valence-electron chi connectivity index (χ1n) is 9.65. The number of nitrogens with one attached hydrogen (secondary N) is 1. The third-order valence-electron chi connectivity index (χ3n) is 7.30. The fourth-order valence-electron chi connectivity index (χ4n) is 6.09. The molecule has 3 heterocycles. The predicted molar refractivity (Wildman–Crippen MR) is 91.4 cm³/mol. The number of hydrazone groups is 1. The summed E-state index contributed by atoms with van der Waals surface area (Å²) >= 11 is 0. The summed E-state index contributed by atoms with van der Waals surface area (Å²) in [5.74, 6) is -0.282. The second-order valence-corrected chi connectivity index (χ2v) is 8.36. The first kappa shape index (κ1) is 15.6. The molecule has 0 spiro atoms. The van der Waals surface area contributed by atoms with Crippen LogP contribution < -0.4 is 5.43 Å². The van der Waals surface area contributed by atoms with E-state index >= 15 is 0 Å². The van der Waals surface area contributed by atoms with Gasteiger partial charge in [0.25, 0.3) is 5.91 Å². The molecule has 6 atom stereocenters. The Morgan fingerprint density at radius 1 is 1.32 bits per heavy atom. The molecule has 2 N–H and O–H groups in total. The van der Waals surface area contributed by atoms with E-state index in [2.05, 4.69) is 22.7 Å². The zero-order valence-electron chi connectivity index (χ0n) is 14.4. The van der Waals surface area contributed by atoms with E-state index in [0.29, 0.717) is 31.2 Å². The van der Waals surface area contributed by atoms with Gasteiger partial charge in [-0.2, -0.15) is 5.10 Å². The number of allylic oxidation sites excluding steroid dienone is 2. The lowest BCUT2D eigenvalue weighted by atomic mass is 9.63. The van der Waals surface area contributed by atoms with Crippen molar-refractivity contribution in [1.29, 1.82) is 0 Å². The van der Waals surface area contributed by atoms with Crippen molar-refractivity contribution in [3.8, 4) is 0 Å². The average molecular weight is 343 g/mol. The molecule has 3 aliphatic heterocycles. The molecule has 0 aromatic heterocycles. The van der Waals surface area contributed by atoms with Crippen LogP contribution in [0.2, 0.25) is 0 Å². The van der Waals surface area contributed by atoms with Crippen molar-refractivity contribution in [2.24, 2.45) is 28.8 Å². The number of ketones is 1. The highest BCUT2D eigenvalue weighted by Gasteiger charge is 2.73. The van der Waals surface area contributed by atoms with Gasteiger partial charge in [0.15, 0.2) is 11.5 Å². The van der Waals surface area contributed by atoms with E-state index < -0.39 is 17.2 Å². The maximum atomic E-state index is 13.7. The average Bonchev–Trinajstić information content (AvgIpc) is 3.28. The molecule has 25 heavy (non-hydrogen) atoms. The van der Waals surface area contributed by atoms with Crippen LogP contribution in [-0.4, -0.2) is 45.7 Å². The third-order valence-corrected chi connectivity index (χ3v) is 7.30. The van der Waals surface area contributed by atoms with Crippen LogP contribution in [0.15, 0.2) is 17.3 Å². The molecule has 2 aliphatic carbocycles. The molecule has 1 saturated carbocycles. The maximum absolute atomic E-state index is 13.7. The van der Waals surface area contributed by atoms with Crippen molar-refractivity contribution in [1.82, 2.24) is 10.3 Å². The number of rotatable bonds is 2. The smallest absolute Gasteiger partial charge is 0.260 e. The van der Waals surface area contributed by atoms with E-state index in [9.17, 15) is 14.7 Å². The molecule has 0 radical (unpaired) electrons.